The SMILES string of the molecule is CC(C(N)c1ccc2c(c1)CCCC(=O)N2)S(C)(=O)=O. The molecule has 0 aromatic heterocycles. The van der Waals surface area contributed by atoms with Gasteiger partial charge in [-0.3, -0.25) is 4.79 Å². The fourth-order valence-electron chi connectivity index (χ4n) is 2.34. The molecule has 0 fully saturated rings. The molecule has 110 valence electrons. The van der Waals surface area contributed by atoms with Gasteiger partial charge >= 0.3 is 0 Å². The highest BCUT2D eigenvalue weighted by atomic mass is 32.2. The lowest BCUT2D eigenvalue weighted by atomic mass is 9.99. The molecule has 1 amide bonds. The Kier molecular flexibility index (Phi) is 4.15. The van der Waals surface area contributed by atoms with Gasteiger partial charge in [0.15, 0.2) is 9.84 Å². The van der Waals surface area contributed by atoms with Crippen molar-refractivity contribution in [2.24, 2.45) is 5.73 Å². The number of sulfone groups is 1. The second kappa shape index (κ2) is 5.54. The molecule has 2 atom stereocenters. The topological polar surface area (TPSA) is 89.3 Å². The summed E-state index contributed by atoms with van der Waals surface area (Å²) in [6, 6.07) is 4.95. The lowest BCUT2D eigenvalue weighted by molar-refractivity contribution is -0.116. The van der Waals surface area contributed by atoms with E-state index in [-0.39, 0.29) is 5.91 Å². The highest BCUT2D eigenvalue weighted by molar-refractivity contribution is 7.91. The van der Waals surface area contributed by atoms with E-state index in [1.165, 1.54) is 6.26 Å². The number of hydrogen-bond acceptors (Lipinski definition) is 4. The van der Waals surface area contributed by atoms with Crippen LogP contribution in [-0.2, 0) is 21.1 Å². The van der Waals surface area contributed by atoms with Gasteiger partial charge in [0.1, 0.15) is 0 Å². The molecule has 1 aromatic carbocycles. The maximum absolute atomic E-state index is 11.6. The molecule has 5 nitrogen and oxygen atoms in total. The molecule has 2 unspecified atom stereocenters. The quantitative estimate of drug-likeness (QED) is 0.882. The van der Waals surface area contributed by atoms with E-state index in [0.29, 0.717) is 6.42 Å². The molecule has 0 bridgehead atoms. The van der Waals surface area contributed by atoms with E-state index in [2.05, 4.69) is 5.32 Å². The molecular formula is C14H20N2O3S. The number of amides is 1. The Morgan fingerprint density at radius 3 is 2.65 bits per heavy atom. The number of nitrogens with two attached hydrogens (primary N) is 1. The van der Waals surface area contributed by atoms with Crippen molar-refractivity contribution < 1.29 is 13.2 Å². The van der Waals surface area contributed by atoms with Crippen molar-refractivity contribution in [2.45, 2.75) is 37.5 Å². The van der Waals surface area contributed by atoms with Crippen LogP contribution in [0.15, 0.2) is 18.2 Å². The van der Waals surface area contributed by atoms with Crippen molar-refractivity contribution in [3.05, 3.63) is 29.3 Å². The smallest absolute Gasteiger partial charge is 0.224 e. The van der Waals surface area contributed by atoms with Crippen molar-refractivity contribution in [1.29, 1.82) is 0 Å². The minimum atomic E-state index is -3.18. The Hall–Kier alpha value is -1.40. The van der Waals surface area contributed by atoms with Crippen LogP contribution in [0.4, 0.5) is 5.69 Å². The van der Waals surface area contributed by atoms with Crippen molar-refractivity contribution in [2.75, 3.05) is 11.6 Å². The average Bonchev–Trinajstić information content (AvgIpc) is 2.55. The second-order valence-corrected chi connectivity index (χ2v) is 7.78. The van der Waals surface area contributed by atoms with Crippen LogP contribution in [0.5, 0.6) is 0 Å². The van der Waals surface area contributed by atoms with E-state index < -0.39 is 21.1 Å². The Labute approximate surface area is 119 Å². The molecule has 0 aliphatic carbocycles. The van der Waals surface area contributed by atoms with E-state index in [1.807, 2.05) is 12.1 Å². The van der Waals surface area contributed by atoms with Crippen LogP contribution < -0.4 is 11.1 Å². The average molecular weight is 296 g/mol. The van der Waals surface area contributed by atoms with Gasteiger partial charge in [0.25, 0.3) is 0 Å². The summed E-state index contributed by atoms with van der Waals surface area (Å²) in [5.41, 5.74) is 8.67. The summed E-state index contributed by atoms with van der Waals surface area (Å²) in [5.74, 6) is 0.0188. The molecule has 1 aliphatic rings. The number of aryl methyl sites for hydroxylation is 1. The predicted molar refractivity (Wildman–Crippen MR) is 79.2 cm³/mol. The number of rotatable bonds is 3. The van der Waals surface area contributed by atoms with Crippen LogP contribution in [0, 0.1) is 0 Å². The molecule has 1 aromatic rings. The number of carbonyl (C=O) groups is 1. The van der Waals surface area contributed by atoms with Gasteiger partial charge in [-0.15, -0.1) is 0 Å². The van der Waals surface area contributed by atoms with Crippen LogP contribution >= 0.6 is 0 Å². The van der Waals surface area contributed by atoms with Gasteiger partial charge in [-0.2, -0.15) is 0 Å². The Morgan fingerprint density at radius 1 is 1.30 bits per heavy atom. The maximum atomic E-state index is 11.6. The summed E-state index contributed by atoms with van der Waals surface area (Å²) < 4.78 is 23.2. The standard InChI is InChI=1S/C14H20N2O3S/c1-9(20(2,18)19)14(15)11-6-7-12-10(8-11)4-3-5-13(17)16-12/h6-9,14H,3-5,15H2,1-2H3,(H,16,17). The Bertz CT molecular complexity index is 625. The van der Waals surface area contributed by atoms with E-state index in [1.54, 1.807) is 13.0 Å². The molecule has 1 heterocycles. The van der Waals surface area contributed by atoms with Crippen LogP contribution in [0.3, 0.4) is 0 Å². The zero-order valence-electron chi connectivity index (χ0n) is 11.7. The van der Waals surface area contributed by atoms with Gasteiger partial charge in [-0.1, -0.05) is 12.1 Å². The largest absolute Gasteiger partial charge is 0.326 e. The zero-order chi connectivity index (χ0) is 14.9. The summed E-state index contributed by atoms with van der Waals surface area (Å²) in [7, 11) is -3.18. The van der Waals surface area contributed by atoms with Crippen LogP contribution in [0.1, 0.15) is 36.9 Å². The van der Waals surface area contributed by atoms with Gasteiger partial charge in [0.2, 0.25) is 5.91 Å². The van der Waals surface area contributed by atoms with Crippen LogP contribution in [0.25, 0.3) is 0 Å². The summed E-state index contributed by atoms with van der Waals surface area (Å²) >= 11 is 0. The van der Waals surface area contributed by atoms with Gasteiger partial charge in [0.05, 0.1) is 5.25 Å². The number of carbonyl (C=O) groups excluding carboxylic acids is 1. The van der Waals surface area contributed by atoms with Crippen LogP contribution in [-0.4, -0.2) is 25.8 Å². The minimum Gasteiger partial charge on any atom is -0.326 e. The van der Waals surface area contributed by atoms with Gasteiger partial charge < -0.3 is 11.1 Å². The minimum absolute atomic E-state index is 0.0188. The number of benzene rings is 1. The molecule has 20 heavy (non-hydrogen) atoms. The molecule has 0 saturated heterocycles. The highest BCUT2D eigenvalue weighted by Gasteiger charge is 2.25. The number of anilines is 1. The third kappa shape index (κ3) is 3.19. The monoisotopic (exact) mass is 296 g/mol. The first-order valence-electron chi connectivity index (χ1n) is 6.66. The molecule has 1 aliphatic heterocycles. The predicted octanol–water partition coefficient (Wildman–Crippen LogP) is 1.39. The van der Waals surface area contributed by atoms with E-state index in [0.717, 1.165) is 29.7 Å². The maximum Gasteiger partial charge on any atom is 0.224 e. The molecular weight excluding hydrogens is 276 g/mol. The molecule has 2 rings (SSSR count). The first kappa shape index (κ1) is 15.0. The normalized spacial score (nSPS) is 18.6. The molecule has 0 saturated carbocycles. The number of nitrogens with one attached hydrogen (secondary N) is 1. The summed E-state index contributed by atoms with van der Waals surface area (Å²) in [5, 5.41) is 2.21. The molecule has 0 spiro atoms. The van der Waals surface area contributed by atoms with E-state index in [9.17, 15) is 13.2 Å². The van der Waals surface area contributed by atoms with E-state index in [4.69, 9.17) is 5.73 Å². The van der Waals surface area contributed by atoms with Crippen molar-refractivity contribution in [1.82, 2.24) is 0 Å². The fourth-order valence-corrected chi connectivity index (χ4v) is 3.03. The molecule has 3 N–H and O–H groups in total. The fraction of sp³-hybridized carbons (Fsp3) is 0.500. The van der Waals surface area contributed by atoms with Crippen LogP contribution in [0.2, 0.25) is 0 Å². The lowest BCUT2D eigenvalue weighted by Crippen LogP contribution is -2.30. The number of hydrogen-bond donors (Lipinski definition) is 2. The van der Waals surface area contributed by atoms with Gasteiger partial charge in [0, 0.05) is 24.4 Å². The Morgan fingerprint density at radius 2 is 2.00 bits per heavy atom. The molecule has 6 heteroatoms. The van der Waals surface area contributed by atoms with Crippen molar-refractivity contribution in [3.8, 4) is 0 Å². The van der Waals surface area contributed by atoms with Gasteiger partial charge in [-0.05, 0) is 37.0 Å². The lowest BCUT2D eigenvalue weighted by Gasteiger charge is -2.20. The first-order valence-corrected chi connectivity index (χ1v) is 8.61. The van der Waals surface area contributed by atoms with E-state index >= 15 is 0 Å². The zero-order valence-corrected chi connectivity index (χ0v) is 12.5. The highest BCUT2D eigenvalue weighted by Crippen LogP contribution is 2.27. The van der Waals surface area contributed by atoms with Crippen molar-refractivity contribution in [3.63, 3.8) is 0 Å². The first-order chi connectivity index (χ1) is 9.29. The van der Waals surface area contributed by atoms with Crippen molar-refractivity contribution >= 4 is 21.4 Å². The summed E-state index contributed by atoms with van der Waals surface area (Å²) in [6.45, 7) is 1.62. The molecule has 0 radical (unpaired) electrons. The third-order valence-electron chi connectivity index (χ3n) is 3.82. The summed E-state index contributed by atoms with van der Waals surface area (Å²) in [6.07, 6.45) is 3.29. The number of fused-ring (bicyclic) bond motifs is 1. The summed E-state index contributed by atoms with van der Waals surface area (Å²) in [4.78, 5) is 11.5. The second-order valence-electron chi connectivity index (χ2n) is 5.38. The Balaban J connectivity index is 2.31. The third-order valence-corrected chi connectivity index (χ3v) is 5.46. The van der Waals surface area contributed by atoms with Gasteiger partial charge in [-0.25, -0.2) is 8.42 Å².